The van der Waals surface area contributed by atoms with Crippen LogP contribution in [0.15, 0.2) is 0 Å². The highest BCUT2D eigenvalue weighted by atomic mass is 15.3. The summed E-state index contributed by atoms with van der Waals surface area (Å²) in [5.74, 6) is 3.08. The summed E-state index contributed by atoms with van der Waals surface area (Å²) >= 11 is 0. The molecule has 0 fully saturated rings. The fourth-order valence-electron chi connectivity index (χ4n) is 2.07. The molecule has 0 aromatic carbocycles. The molecule has 0 spiro atoms. The summed E-state index contributed by atoms with van der Waals surface area (Å²) in [6.07, 6.45) is 3.65. The van der Waals surface area contributed by atoms with Crippen molar-refractivity contribution in [1.82, 2.24) is 14.8 Å². The van der Waals surface area contributed by atoms with E-state index in [-0.39, 0.29) is 0 Å². The Balaban J connectivity index is 2.86. The number of hydrogen-bond acceptors (Lipinski definition) is 3. The third-order valence-electron chi connectivity index (χ3n) is 3.02. The van der Waals surface area contributed by atoms with Crippen LogP contribution in [-0.4, -0.2) is 14.8 Å². The van der Waals surface area contributed by atoms with Crippen LogP contribution in [-0.2, 0) is 13.1 Å². The van der Waals surface area contributed by atoms with Gasteiger partial charge in [-0.25, -0.2) is 0 Å². The summed E-state index contributed by atoms with van der Waals surface area (Å²) < 4.78 is 2.21. The number of rotatable bonds is 7. The fraction of sp³-hybridized carbons (Fsp3) is 0.846. The molecule has 4 nitrogen and oxygen atoms in total. The van der Waals surface area contributed by atoms with Crippen LogP contribution >= 0.6 is 0 Å². The zero-order chi connectivity index (χ0) is 12.8. The van der Waals surface area contributed by atoms with Crippen LogP contribution in [0.25, 0.3) is 0 Å². The van der Waals surface area contributed by atoms with Gasteiger partial charge in [-0.1, -0.05) is 40.5 Å². The first-order chi connectivity index (χ1) is 8.10. The Kier molecular flexibility index (Phi) is 5.62. The number of aromatic nitrogens is 3. The van der Waals surface area contributed by atoms with Gasteiger partial charge in [-0.3, -0.25) is 0 Å². The molecule has 1 rings (SSSR count). The number of nitrogens with two attached hydrogens (primary N) is 1. The van der Waals surface area contributed by atoms with Crippen LogP contribution in [0.5, 0.6) is 0 Å². The van der Waals surface area contributed by atoms with Gasteiger partial charge in [0, 0.05) is 12.5 Å². The van der Waals surface area contributed by atoms with E-state index in [0.29, 0.717) is 18.4 Å². The van der Waals surface area contributed by atoms with Crippen LogP contribution < -0.4 is 5.73 Å². The molecule has 0 radical (unpaired) electrons. The van der Waals surface area contributed by atoms with E-state index in [1.165, 1.54) is 19.3 Å². The van der Waals surface area contributed by atoms with Crippen LogP contribution in [0.3, 0.4) is 0 Å². The predicted octanol–water partition coefficient (Wildman–Crippen LogP) is 2.69. The van der Waals surface area contributed by atoms with Gasteiger partial charge in [-0.05, 0) is 12.3 Å². The average Bonchev–Trinajstić information content (AvgIpc) is 2.68. The highest BCUT2D eigenvalue weighted by molar-refractivity contribution is 5.01. The molecule has 17 heavy (non-hydrogen) atoms. The molecule has 0 saturated carbocycles. The zero-order valence-corrected chi connectivity index (χ0v) is 11.6. The van der Waals surface area contributed by atoms with Crippen LogP contribution in [0.1, 0.15) is 64.5 Å². The summed E-state index contributed by atoms with van der Waals surface area (Å²) in [4.78, 5) is 0. The minimum absolute atomic E-state index is 0.472. The molecule has 0 aliphatic carbocycles. The lowest BCUT2D eigenvalue weighted by molar-refractivity contribution is 0.470. The Labute approximate surface area is 105 Å². The van der Waals surface area contributed by atoms with Gasteiger partial charge in [0.2, 0.25) is 0 Å². The third kappa shape index (κ3) is 3.80. The SMILES string of the molecule is CCCCC(C)c1nnc(CN)n1CC(C)C. The lowest BCUT2D eigenvalue weighted by Crippen LogP contribution is -2.15. The normalized spacial score (nSPS) is 13.3. The second kappa shape index (κ2) is 6.74. The summed E-state index contributed by atoms with van der Waals surface area (Å²) in [7, 11) is 0. The Morgan fingerprint density at radius 3 is 2.47 bits per heavy atom. The van der Waals surface area contributed by atoms with Crippen molar-refractivity contribution in [3.05, 3.63) is 11.6 Å². The van der Waals surface area contributed by atoms with Gasteiger partial charge in [0.15, 0.2) is 0 Å². The summed E-state index contributed by atoms with van der Waals surface area (Å²) in [6, 6.07) is 0. The first-order valence-corrected chi connectivity index (χ1v) is 6.72. The maximum atomic E-state index is 5.72. The predicted molar refractivity (Wildman–Crippen MR) is 70.7 cm³/mol. The van der Waals surface area contributed by atoms with Crippen molar-refractivity contribution in [2.45, 2.75) is 66.0 Å². The van der Waals surface area contributed by atoms with Gasteiger partial charge in [0.05, 0.1) is 6.54 Å². The molecule has 0 aliphatic rings. The van der Waals surface area contributed by atoms with Crippen molar-refractivity contribution < 1.29 is 0 Å². The molecule has 0 aliphatic heterocycles. The summed E-state index contributed by atoms with van der Waals surface area (Å²) in [5, 5.41) is 8.53. The molecule has 0 amide bonds. The molecular weight excluding hydrogens is 212 g/mol. The molecule has 98 valence electrons. The average molecular weight is 238 g/mol. The van der Waals surface area contributed by atoms with E-state index >= 15 is 0 Å². The largest absolute Gasteiger partial charge is 0.324 e. The van der Waals surface area contributed by atoms with Gasteiger partial charge in [0.1, 0.15) is 11.6 Å². The van der Waals surface area contributed by atoms with Crippen molar-refractivity contribution in [3.8, 4) is 0 Å². The van der Waals surface area contributed by atoms with E-state index in [1.54, 1.807) is 0 Å². The lowest BCUT2D eigenvalue weighted by atomic mass is 10.0. The quantitative estimate of drug-likeness (QED) is 0.794. The molecule has 1 atom stereocenters. The molecule has 1 aromatic heterocycles. The third-order valence-corrected chi connectivity index (χ3v) is 3.02. The standard InChI is InChI=1S/C13H26N4/c1-5-6-7-11(4)13-16-15-12(8-14)17(13)9-10(2)3/h10-11H,5-9,14H2,1-4H3. The second-order valence-corrected chi connectivity index (χ2v) is 5.23. The second-order valence-electron chi connectivity index (χ2n) is 5.23. The lowest BCUT2D eigenvalue weighted by Gasteiger charge is -2.16. The smallest absolute Gasteiger partial charge is 0.146 e. The molecule has 2 N–H and O–H groups in total. The number of nitrogens with zero attached hydrogens (tertiary/aromatic N) is 3. The van der Waals surface area contributed by atoms with Crippen molar-refractivity contribution in [2.24, 2.45) is 11.7 Å². The monoisotopic (exact) mass is 238 g/mol. The highest BCUT2D eigenvalue weighted by Gasteiger charge is 2.17. The minimum Gasteiger partial charge on any atom is -0.324 e. The van der Waals surface area contributed by atoms with E-state index < -0.39 is 0 Å². The minimum atomic E-state index is 0.472. The van der Waals surface area contributed by atoms with Gasteiger partial charge in [-0.2, -0.15) is 0 Å². The van der Waals surface area contributed by atoms with E-state index in [2.05, 4.69) is 42.5 Å². The summed E-state index contributed by atoms with van der Waals surface area (Å²) in [6.45, 7) is 10.3. The van der Waals surface area contributed by atoms with E-state index in [0.717, 1.165) is 18.2 Å². The van der Waals surface area contributed by atoms with Gasteiger partial charge in [0.25, 0.3) is 0 Å². The van der Waals surface area contributed by atoms with Crippen LogP contribution in [0.4, 0.5) is 0 Å². The van der Waals surface area contributed by atoms with Gasteiger partial charge >= 0.3 is 0 Å². The zero-order valence-electron chi connectivity index (χ0n) is 11.6. The Morgan fingerprint density at radius 1 is 1.24 bits per heavy atom. The van der Waals surface area contributed by atoms with Crippen molar-refractivity contribution in [1.29, 1.82) is 0 Å². The molecule has 4 heteroatoms. The van der Waals surface area contributed by atoms with Crippen LogP contribution in [0, 0.1) is 5.92 Å². The topological polar surface area (TPSA) is 56.7 Å². The Morgan fingerprint density at radius 2 is 1.94 bits per heavy atom. The van der Waals surface area contributed by atoms with E-state index in [9.17, 15) is 0 Å². The Bertz CT molecular complexity index is 330. The van der Waals surface area contributed by atoms with Crippen molar-refractivity contribution in [3.63, 3.8) is 0 Å². The maximum Gasteiger partial charge on any atom is 0.146 e. The van der Waals surface area contributed by atoms with Gasteiger partial charge in [-0.15, -0.1) is 10.2 Å². The van der Waals surface area contributed by atoms with Gasteiger partial charge < -0.3 is 10.3 Å². The molecule has 1 heterocycles. The maximum absolute atomic E-state index is 5.72. The number of unbranched alkanes of at least 4 members (excludes halogenated alkanes) is 1. The molecular formula is C13H26N4. The summed E-state index contributed by atoms with van der Waals surface area (Å²) in [5.41, 5.74) is 5.72. The Hall–Kier alpha value is -0.900. The highest BCUT2D eigenvalue weighted by Crippen LogP contribution is 2.21. The van der Waals surface area contributed by atoms with Crippen LogP contribution in [0.2, 0.25) is 0 Å². The first-order valence-electron chi connectivity index (χ1n) is 6.72. The molecule has 0 saturated heterocycles. The number of hydrogen-bond donors (Lipinski definition) is 1. The molecule has 1 aromatic rings. The van der Waals surface area contributed by atoms with E-state index in [1.807, 2.05) is 0 Å². The molecule has 1 unspecified atom stereocenters. The first kappa shape index (κ1) is 14.2. The van der Waals surface area contributed by atoms with Crippen molar-refractivity contribution in [2.75, 3.05) is 0 Å². The van der Waals surface area contributed by atoms with Crippen molar-refractivity contribution >= 4 is 0 Å². The van der Waals surface area contributed by atoms with E-state index in [4.69, 9.17) is 5.73 Å². The molecule has 0 bridgehead atoms. The fourth-order valence-corrected chi connectivity index (χ4v) is 2.07.